The van der Waals surface area contributed by atoms with Gasteiger partial charge in [-0.3, -0.25) is 4.79 Å². The Balaban J connectivity index is 3.95. The number of rotatable bonds is 5. The molecule has 0 fully saturated rings. The molecule has 0 heterocycles. The van der Waals surface area contributed by atoms with E-state index in [1.54, 1.807) is 11.9 Å². The second kappa shape index (κ2) is 4.34. The van der Waals surface area contributed by atoms with Gasteiger partial charge in [0.2, 0.25) is 6.41 Å². The Labute approximate surface area is 68.6 Å². The second-order valence-corrected chi connectivity index (χ2v) is 3.09. The summed E-state index contributed by atoms with van der Waals surface area (Å²) < 4.78 is 0. The van der Waals surface area contributed by atoms with Gasteiger partial charge in [-0.1, -0.05) is 13.8 Å². The molecule has 0 spiro atoms. The summed E-state index contributed by atoms with van der Waals surface area (Å²) in [5.41, 5.74) is 5.77. The lowest BCUT2D eigenvalue weighted by Crippen LogP contribution is -2.47. The highest BCUT2D eigenvalue weighted by atomic mass is 16.1. The number of hydrogen-bond acceptors (Lipinski definition) is 2. The summed E-state index contributed by atoms with van der Waals surface area (Å²) >= 11 is 0. The molecule has 0 saturated carbocycles. The number of amides is 1. The highest BCUT2D eigenvalue weighted by molar-refractivity contribution is 5.46. The zero-order valence-electron chi connectivity index (χ0n) is 7.63. The van der Waals surface area contributed by atoms with Crippen LogP contribution in [0.4, 0.5) is 0 Å². The van der Waals surface area contributed by atoms with Gasteiger partial charge in [-0.2, -0.15) is 0 Å². The third-order valence-electron chi connectivity index (χ3n) is 2.15. The number of carbonyl (C=O) groups is 1. The highest BCUT2D eigenvalue weighted by Gasteiger charge is 2.21. The normalized spacial score (nSPS) is 11.3. The van der Waals surface area contributed by atoms with Crippen LogP contribution in [0.25, 0.3) is 0 Å². The average Bonchev–Trinajstić information content (AvgIpc) is 2.04. The molecule has 0 aliphatic heterocycles. The zero-order valence-corrected chi connectivity index (χ0v) is 7.63. The van der Waals surface area contributed by atoms with Crippen molar-refractivity contribution in [3.05, 3.63) is 0 Å². The van der Waals surface area contributed by atoms with E-state index in [1.165, 1.54) is 0 Å². The fourth-order valence-electron chi connectivity index (χ4n) is 1.01. The molecule has 0 atom stereocenters. The van der Waals surface area contributed by atoms with Crippen molar-refractivity contribution in [2.24, 2.45) is 5.73 Å². The van der Waals surface area contributed by atoms with Crippen LogP contribution in [0.15, 0.2) is 0 Å². The maximum absolute atomic E-state index is 10.3. The highest BCUT2D eigenvalue weighted by Crippen LogP contribution is 2.11. The van der Waals surface area contributed by atoms with Crippen LogP contribution in [-0.4, -0.2) is 30.4 Å². The van der Waals surface area contributed by atoms with Gasteiger partial charge in [-0.25, -0.2) is 0 Å². The van der Waals surface area contributed by atoms with Crippen molar-refractivity contribution in [1.82, 2.24) is 4.90 Å². The summed E-state index contributed by atoms with van der Waals surface area (Å²) in [6.07, 6.45) is 2.62. The van der Waals surface area contributed by atoms with E-state index in [9.17, 15) is 4.79 Å². The molecule has 66 valence electrons. The van der Waals surface area contributed by atoms with Gasteiger partial charge in [-0.15, -0.1) is 0 Å². The van der Waals surface area contributed by atoms with Gasteiger partial charge in [-0.05, 0) is 12.8 Å². The molecule has 3 nitrogen and oxygen atoms in total. The van der Waals surface area contributed by atoms with Crippen molar-refractivity contribution >= 4 is 6.41 Å². The van der Waals surface area contributed by atoms with Crippen LogP contribution < -0.4 is 5.73 Å². The van der Waals surface area contributed by atoms with Gasteiger partial charge in [0, 0.05) is 19.1 Å². The first-order valence-corrected chi connectivity index (χ1v) is 4.02. The number of nitrogens with two attached hydrogens (primary N) is 1. The van der Waals surface area contributed by atoms with Crippen molar-refractivity contribution in [3.63, 3.8) is 0 Å². The smallest absolute Gasteiger partial charge is 0.209 e. The van der Waals surface area contributed by atoms with Gasteiger partial charge >= 0.3 is 0 Å². The van der Waals surface area contributed by atoms with Gasteiger partial charge in [0.25, 0.3) is 0 Å². The minimum absolute atomic E-state index is 0.199. The zero-order chi connectivity index (χ0) is 8.91. The standard InChI is InChI=1S/C8H18N2O/c1-4-8(9,5-2)6-10(3)7-11/h7H,4-6,9H2,1-3H3. The molecule has 0 aromatic rings. The molecule has 0 unspecified atom stereocenters. The number of nitrogens with zero attached hydrogens (tertiary/aromatic N) is 1. The minimum Gasteiger partial charge on any atom is -0.346 e. The molecule has 0 bridgehead atoms. The first kappa shape index (κ1) is 10.4. The quantitative estimate of drug-likeness (QED) is 0.595. The van der Waals surface area contributed by atoms with E-state index in [0.717, 1.165) is 19.3 Å². The lowest BCUT2D eigenvalue weighted by atomic mass is 9.94. The van der Waals surface area contributed by atoms with Crippen LogP contribution in [0.3, 0.4) is 0 Å². The van der Waals surface area contributed by atoms with Crippen molar-refractivity contribution in [1.29, 1.82) is 0 Å². The Kier molecular flexibility index (Phi) is 4.11. The molecule has 0 aromatic heterocycles. The third kappa shape index (κ3) is 3.37. The van der Waals surface area contributed by atoms with E-state index < -0.39 is 0 Å². The van der Waals surface area contributed by atoms with Gasteiger partial charge < -0.3 is 10.6 Å². The van der Waals surface area contributed by atoms with Crippen LogP contribution in [-0.2, 0) is 4.79 Å². The fraction of sp³-hybridized carbons (Fsp3) is 0.875. The minimum atomic E-state index is -0.199. The van der Waals surface area contributed by atoms with E-state index in [2.05, 4.69) is 0 Å². The Hall–Kier alpha value is -0.570. The first-order chi connectivity index (χ1) is 5.08. The monoisotopic (exact) mass is 158 g/mol. The van der Waals surface area contributed by atoms with Crippen molar-refractivity contribution < 1.29 is 4.79 Å². The molecule has 0 saturated heterocycles. The molecule has 0 aliphatic rings. The summed E-state index contributed by atoms with van der Waals surface area (Å²) in [4.78, 5) is 11.9. The largest absolute Gasteiger partial charge is 0.346 e. The van der Waals surface area contributed by atoms with Crippen LogP contribution in [0.1, 0.15) is 26.7 Å². The first-order valence-electron chi connectivity index (χ1n) is 4.02. The van der Waals surface area contributed by atoms with Crippen LogP contribution in [0.2, 0.25) is 0 Å². The Morgan fingerprint density at radius 2 is 1.91 bits per heavy atom. The summed E-state index contributed by atoms with van der Waals surface area (Å²) in [6.45, 7) is 4.73. The number of carbonyl (C=O) groups excluding carboxylic acids is 1. The Bertz CT molecular complexity index is 121. The number of hydrogen-bond donors (Lipinski definition) is 1. The SMILES string of the molecule is CCC(N)(CC)CN(C)C=O. The Morgan fingerprint density at radius 3 is 2.18 bits per heavy atom. The molecule has 0 rings (SSSR count). The van der Waals surface area contributed by atoms with Crippen molar-refractivity contribution in [2.45, 2.75) is 32.2 Å². The lowest BCUT2D eigenvalue weighted by Gasteiger charge is -2.29. The molecular formula is C8H18N2O. The van der Waals surface area contributed by atoms with Crippen molar-refractivity contribution in [2.75, 3.05) is 13.6 Å². The molecule has 2 N–H and O–H groups in total. The fourth-order valence-corrected chi connectivity index (χ4v) is 1.01. The molecule has 0 radical (unpaired) electrons. The molecule has 0 aromatic carbocycles. The van der Waals surface area contributed by atoms with Gasteiger partial charge in [0.05, 0.1) is 0 Å². The molecule has 11 heavy (non-hydrogen) atoms. The van der Waals surface area contributed by atoms with Crippen LogP contribution in [0.5, 0.6) is 0 Å². The maximum Gasteiger partial charge on any atom is 0.209 e. The summed E-state index contributed by atoms with van der Waals surface area (Å²) in [6, 6.07) is 0. The van der Waals surface area contributed by atoms with E-state index in [0.29, 0.717) is 6.54 Å². The lowest BCUT2D eigenvalue weighted by molar-refractivity contribution is -0.117. The summed E-state index contributed by atoms with van der Waals surface area (Å²) in [5, 5.41) is 0. The molecule has 3 heteroatoms. The summed E-state index contributed by atoms with van der Waals surface area (Å²) in [5.74, 6) is 0. The third-order valence-corrected chi connectivity index (χ3v) is 2.15. The van der Waals surface area contributed by atoms with Crippen LogP contribution >= 0.6 is 0 Å². The number of likely N-dealkylation sites (N-methyl/N-ethyl adjacent to an activating group) is 1. The predicted octanol–water partition coefficient (Wildman–Crippen LogP) is 0.592. The van der Waals surface area contributed by atoms with E-state index in [4.69, 9.17) is 5.73 Å². The average molecular weight is 158 g/mol. The predicted molar refractivity (Wildman–Crippen MR) is 46.2 cm³/mol. The van der Waals surface area contributed by atoms with Crippen molar-refractivity contribution in [3.8, 4) is 0 Å². The van der Waals surface area contributed by atoms with E-state index in [1.807, 2.05) is 13.8 Å². The van der Waals surface area contributed by atoms with E-state index in [-0.39, 0.29) is 5.54 Å². The topological polar surface area (TPSA) is 46.3 Å². The van der Waals surface area contributed by atoms with Crippen LogP contribution in [0, 0.1) is 0 Å². The Morgan fingerprint density at radius 1 is 1.45 bits per heavy atom. The van der Waals surface area contributed by atoms with Gasteiger partial charge in [0.1, 0.15) is 0 Å². The maximum atomic E-state index is 10.3. The molecule has 0 aliphatic carbocycles. The second-order valence-electron chi connectivity index (χ2n) is 3.09. The van der Waals surface area contributed by atoms with Gasteiger partial charge in [0.15, 0.2) is 0 Å². The summed E-state index contributed by atoms with van der Waals surface area (Å²) in [7, 11) is 1.75. The molecule has 1 amide bonds. The molecular weight excluding hydrogens is 140 g/mol. The van der Waals surface area contributed by atoms with E-state index >= 15 is 0 Å².